The molecule has 0 saturated heterocycles. The van der Waals surface area contributed by atoms with Crippen molar-refractivity contribution in [3.8, 4) is 5.75 Å². The highest BCUT2D eigenvalue weighted by molar-refractivity contribution is 7.92. The number of rotatable bonds is 7. The predicted molar refractivity (Wildman–Crippen MR) is 124 cm³/mol. The first-order valence-electron chi connectivity index (χ1n) is 9.22. The topological polar surface area (TPSA) is 84.5 Å². The maximum atomic E-state index is 12.8. The van der Waals surface area contributed by atoms with Crippen LogP contribution in [0, 0.1) is 0 Å². The summed E-state index contributed by atoms with van der Waals surface area (Å²) in [5.74, 6) is -0.613. The number of sulfonamides is 1. The van der Waals surface area contributed by atoms with E-state index in [9.17, 15) is 26.4 Å². The van der Waals surface area contributed by atoms with Crippen LogP contribution in [-0.4, -0.2) is 20.9 Å². The molecule has 0 bridgehead atoms. The van der Waals surface area contributed by atoms with Gasteiger partial charge in [0.2, 0.25) is 0 Å². The molecule has 0 radical (unpaired) electrons. The summed E-state index contributed by atoms with van der Waals surface area (Å²) in [6, 6.07) is 11.9. The van der Waals surface area contributed by atoms with Crippen LogP contribution < -0.4 is 14.8 Å². The van der Waals surface area contributed by atoms with Crippen molar-refractivity contribution in [2.45, 2.75) is 11.1 Å². The van der Waals surface area contributed by atoms with Gasteiger partial charge in [0.25, 0.3) is 15.9 Å². The highest BCUT2D eigenvalue weighted by Gasteiger charge is 2.31. The fourth-order valence-electron chi connectivity index (χ4n) is 2.62. The molecule has 180 valence electrons. The van der Waals surface area contributed by atoms with Crippen molar-refractivity contribution in [2.24, 2.45) is 0 Å². The molecule has 3 aromatic carbocycles. The van der Waals surface area contributed by atoms with E-state index in [1.807, 2.05) is 0 Å². The number of benzene rings is 3. The van der Waals surface area contributed by atoms with E-state index in [4.69, 9.17) is 39.5 Å². The Kier molecular flexibility index (Phi) is 7.87. The average molecular weight is 554 g/mol. The molecule has 2 N–H and O–H groups in total. The van der Waals surface area contributed by atoms with Gasteiger partial charge < -0.3 is 10.1 Å². The number of alkyl halides is 3. The number of ether oxygens (including phenoxy) is 1. The standard InChI is InChI=1S/C21H14Cl3F3N2O4S/c22-16-8-2-13(10-18(16)24)29-34(31,32)15-5-3-14(4-6-15)33-11-20(30)28-19-9-12(21(25,26)27)1-7-17(19)23/h1-10,29H,11H2,(H,28,30). The number of amides is 1. The number of anilines is 2. The molecule has 0 aliphatic heterocycles. The summed E-state index contributed by atoms with van der Waals surface area (Å²) >= 11 is 17.5. The Morgan fingerprint density at radius 1 is 0.882 bits per heavy atom. The third-order valence-electron chi connectivity index (χ3n) is 4.24. The summed E-state index contributed by atoms with van der Waals surface area (Å²) in [7, 11) is -3.95. The largest absolute Gasteiger partial charge is 0.484 e. The van der Waals surface area contributed by atoms with Crippen molar-refractivity contribution in [3.63, 3.8) is 0 Å². The minimum absolute atomic E-state index is 0.0783. The molecular weight excluding hydrogens is 540 g/mol. The maximum Gasteiger partial charge on any atom is 0.416 e. The van der Waals surface area contributed by atoms with Gasteiger partial charge >= 0.3 is 6.18 Å². The molecule has 0 fully saturated rings. The van der Waals surface area contributed by atoms with Gasteiger partial charge in [-0.25, -0.2) is 8.42 Å². The van der Waals surface area contributed by atoms with Crippen LogP contribution >= 0.6 is 34.8 Å². The Labute approximate surface area is 207 Å². The molecule has 34 heavy (non-hydrogen) atoms. The molecule has 0 spiro atoms. The molecule has 0 saturated carbocycles. The van der Waals surface area contributed by atoms with Crippen molar-refractivity contribution in [1.82, 2.24) is 0 Å². The van der Waals surface area contributed by atoms with Crippen molar-refractivity contribution in [1.29, 1.82) is 0 Å². The molecule has 6 nitrogen and oxygen atoms in total. The number of nitrogens with one attached hydrogen (secondary N) is 2. The van der Waals surface area contributed by atoms with Gasteiger partial charge in [-0.05, 0) is 60.7 Å². The van der Waals surface area contributed by atoms with Gasteiger partial charge in [0, 0.05) is 0 Å². The number of halogens is 6. The molecule has 0 aliphatic carbocycles. The Balaban J connectivity index is 1.61. The Bertz CT molecular complexity index is 1320. The van der Waals surface area contributed by atoms with Crippen LogP contribution in [0.2, 0.25) is 15.1 Å². The van der Waals surface area contributed by atoms with E-state index < -0.39 is 34.3 Å². The van der Waals surface area contributed by atoms with E-state index in [0.717, 1.165) is 12.1 Å². The summed E-state index contributed by atoms with van der Waals surface area (Å²) in [6.45, 7) is -0.555. The first-order valence-corrected chi connectivity index (χ1v) is 11.8. The van der Waals surface area contributed by atoms with Crippen LogP contribution in [-0.2, 0) is 21.0 Å². The maximum absolute atomic E-state index is 12.8. The van der Waals surface area contributed by atoms with E-state index in [1.54, 1.807) is 0 Å². The summed E-state index contributed by atoms with van der Waals surface area (Å²) in [6.07, 6.45) is -4.60. The second-order valence-corrected chi connectivity index (χ2v) is 9.64. The summed E-state index contributed by atoms with van der Waals surface area (Å²) < 4.78 is 71.2. The van der Waals surface area contributed by atoms with Crippen LogP contribution in [0.15, 0.2) is 65.6 Å². The molecule has 1 amide bonds. The van der Waals surface area contributed by atoms with E-state index in [-0.39, 0.29) is 37.1 Å². The van der Waals surface area contributed by atoms with Gasteiger partial charge in [0.05, 0.1) is 36.9 Å². The second-order valence-electron chi connectivity index (χ2n) is 6.74. The van der Waals surface area contributed by atoms with Gasteiger partial charge in [-0.3, -0.25) is 9.52 Å². The molecule has 0 unspecified atom stereocenters. The third-order valence-corrected chi connectivity index (χ3v) is 6.71. The second kappa shape index (κ2) is 10.3. The lowest BCUT2D eigenvalue weighted by molar-refractivity contribution is -0.137. The van der Waals surface area contributed by atoms with Crippen molar-refractivity contribution >= 4 is 62.1 Å². The molecular formula is C21H14Cl3F3N2O4S. The Morgan fingerprint density at radius 2 is 1.53 bits per heavy atom. The SMILES string of the molecule is O=C(COc1ccc(S(=O)(=O)Nc2ccc(Cl)c(Cl)c2)cc1)Nc1cc(C(F)(F)F)ccc1Cl. The fraction of sp³-hybridized carbons (Fsp3) is 0.0952. The normalized spacial score (nSPS) is 11.7. The average Bonchev–Trinajstić information content (AvgIpc) is 2.76. The van der Waals surface area contributed by atoms with Gasteiger partial charge in [0.1, 0.15) is 5.75 Å². The minimum atomic E-state index is -4.60. The molecule has 3 aromatic rings. The molecule has 0 aliphatic rings. The third kappa shape index (κ3) is 6.69. The molecule has 0 heterocycles. The van der Waals surface area contributed by atoms with Crippen molar-refractivity contribution < 1.29 is 31.1 Å². The van der Waals surface area contributed by atoms with Gasteiger partial charge in [-0.15, -0.1) is 0 Å². The van der Waals surface area contributed by atoms with E-state index in [1.165, 1.54) is 42.5 Å². The predicted octanol–water partition coefficient (Wildman–Crippen LogP) is 6.48. The van der Waals surface area contributed by atoms with Gasteiger partial charge in [-0.2, -0.15) is 13.2 Å². The molecule has 13 heteroatoms. The number of carbonyl (C=O) groups is 1. The quantitative estimate of drug-likeness (QED) is 0.351. The number of hydrogen-bond donors (Lipinski definition) is 2. The lowest BCUT2D eigenvalue weighted by Crippen LogP contribution is -2.21. The zero-order valence-corrected chi connectivity index (χ0v) is 19.9. The van der Waals surface area contributed by atoms with Crippen molar-refractivity contribution in [3.05, 3.63) is 81.3 Å². The minimum Gasteiger partial charge on any atom is -0.484 e. The van der Waals surface area contributed by atoms with E-state index in [2.05, 4.69) is 10.0 Å². The lowest BCUT2D eigenvalue weighted by Gasteiger charge is -2.12. The number of hydrogen-bond acceptors (Lipinski definition) is 4. The van der Waals surface area contributed by atoms with Crippen LogP contribution in [0.5, 0.6) is 5.75 Å². The first-order chi connectivity index (χ1) is 15.8. The van der Waals surface area contributed by atoms with Gasteiger partial charge in [-0.1, -0.05) is 34.8 Å². The van der Waals surface area contributed by atoms with Crippen LogP contribution in [0.3, 0.4) is 0 Å². The van der Waals surface area contributed by atoms with Crippen LogP contribution in [0.1, 0.15) is 5.56 Å². The Hall–Kier alpha value is -2.66. The number of carbonyl (C=O) groups excluding carboxylic acids is 1. The molecule has 0 aromatic heterocycles. The Morgan fingerprint density at radius 3 is 2.15 bits per heavy atom. The van der Waals surface area contributed by atoms with Crippen LogP contribution in [0.4, 0.5) is 24.5 Å². The highest BCUT2D eigenvalue weighted by Crippen LogP contribution is 2.34. The first kappa shape index (κ1) is 26.0. The highest BCUT2D eigenvalue weighted by atomic mass is 35.5. The van der Waals surface area contributed by atoms with E-state index >= 15 is 0 Å². The van der Waals surface area contributed by atoms with E-state index in [0.29, 0.717) is 6.07 Å². The summed E-state index contributed by atoms with van der Waals surface area (Å²) in [4.78, 5) is 12.0. The smallest absolute Gasteiger partial charge is 0.416 e. The monoisotopic (exact) mass is 552 g/mol. The lowest BCUT2D eigenvalue weighted by atomic mass is 10.2. The zero-order chi connectivity index (χ0) is 25.1. The summed E-state index contributed by atoms with van der Waals surface area (Å²) in [5, 5.41) is 2.61. The summed E-state index contributed by atoms with van der Waals surface area (Å²) in [5.41, 5.74) is -0.987. The molecule has 3 rings (SSSR count). The van der Waals surface area contributed by atoms with Gasteiger partial charge in [0.15, 0.2) is 6.61 Å². The fourth-order valence-corrected chi connectivity index (χ4v) is 4.13. The molecule has 0 atom stereocenters. The van der Waals surface area contributed by atoms with Crippen LogP contribution in [0.25, 0.3) is 0 Å². The van der Waals surface area contributed by atoms with Crippen molar-refractivity contribution in [2.75, 3.05) is 16.6 Å². The zero-order valence-electron chi connectivity index (χ0n) is 16.8.